The summed E-state index contributed by atoms with van der Waals surface area (Å²) in [6.45, 7) is 1.70. The van der Waals surface area contributed by atoms with Crippen LogP contribution in [0.25, 0.3) is 5.69 Å². The molecule has 3 rings (SSSR count). The van der Waals surface area contributed by atoms with Gasteiger partial charge in [-0.25, -0.2) is 14.5 Å². The molecule has 0 fully saturated rings. The Kier molecular flexibility index (Phi) is 4.18. The molecule has 10 nitrogen and oxygen atoms in total. The summed E-state index contributed by atoms with van der Waals surface area (Å²) in [7, 11) is 1.52. The molecule has 0 saturated heterocycles. The lowest BCUT2D eigenvalue weighted by Crippen LogP contribution is -2.47. The van der Waals surface area contributed by atoms with Gasteiger partial charge in [-0.15, -0.1) is 0 Å². The molecular formula is C17H18N6O4. The molecule has 1 aromatic heterocycles. The standard InChI is InChI=1S/C17H18N6O4/c1-17(6-13(24)22(2)16(19)21-17)11-5-9(14(18)25)3-4-12(11)23-8-10(7-20-23)15(26)27/h3-5,7-8H,6H2,1-2H3,(H2,18,25)(H2,19,21)(H,26,27)/t17-/m1/s1. The number of benzene rings is 1. The number of guanidine groups is 1. The van der Waals surface area contributed by atoms with Crippen molar-refractivity contribution >= 4 is 23.7 Å². The average Bonchev–Trinajstić information content (AvgIpc) is 3.09. The predicted octanol–water partition coefficient (Wildman–Crippen LogP) is 0.0614. The Labute approximate surface area is 154 Å². The first-order chi connectivity index (χ1) is 12.6. The molecule has 1 aromatic carbocycles. The second kappa shape index (κ2) is 6.24. The molecule has 140 valence electrons. The average molecular weight is 370 g/mol. The smallest absolute Gasteiger partial charge is 0.338 e. The first-order valence-corrected chi connectivity index (χ1v) is 7.97. The number of carbonyl (C=O) groups excluding carboxylic acids is 2. The highest BCUT2D eigenvalue weighted by Gasteiger charge is 2.38. The molecule has 2 aromatic rings. The summed E-state index contributed by atoms with van der Waals surface area (Å²) in [4.78, 5) is 40.8. The molecular weight excluding hydrogens is 352 g/mol. The van der Waals surface area contributed by atoms with E-state index in [-0.39, 0.29) is 29.4 Å². The quantitative estimate of drug-likeness (QED) is 0.690. The van der Waals surface area contributed by atoms with E-state index in [4.69, 9.17) is 16.6 Å². The molecule has 1 aliphatic rings. The lowest BCUT2D eigenvalue weighted by Gasteiger charge is -2.34. The third-order valence-corrected chi connectivity index (χ3v) is 4.51. The maximum atomic E-state index is 12.3. The van der Waals surface area contributed by atoms with Gasteiger partial charge in [-0.1, -0.05) is 0 Å². The number of aromatic nitrogens is 2. The van der Waals surface area contributed by atoms with Gasteiger partial charge >= 0.3 is 5.97 Å². The fourth-order valence-electron chi connectivity index (χ4n) is 2.95. The third-order valence-electron chi connectivity index (χ3n) is 4.51. The van der Waals surface area contributed by atoms with E-state index in [9.17, 15) is 14.4 Å². The zero-order valence-electron chi connectivity index (χ0n) is 14.7. The summed E-state index contributed by atoms with van der Waals surface area (Å²) >= 11 is 0. The topological polar surface area (TPSA) is 157 Å². The molecule has 0 aliphatic carbocycles. The molecule has 10 heteroatoms. The van der Waals surface area contributed by atoms with E-state index >= 15 is 0 Å². The van der Waals surface area contributed by atoms with Gasteiger partial charge in [0, 0.05) is 24.4 Å². The third kappa shape index (κ3) is 3.12. The van der Waals surface area contributed by atoms with Crippen LogP contribution in [0.3, 0.4) is 0 Å². The van der Waals surface area contributed by atoms with Crippen molar-refractivity contribution in [3.8, 4) is 5.69 Å². The van der Waals surface area contributed by atoms with Crippen LogP contribution in [0, 0.1) is 0 Å². The summed E-state index contributed by atoms with van der Waals surface area (Å²) in [6.07, 6.45) is 2.54. The van der Waals surface area contributed by atoms with Crippen molar-refractivity contribution in [3.05, 3.63) is 47.3 Å². The number of aromatic carboxylic acids is 1. The highest BCUT2D eigenvalue weighted by Crippen LogP contribution is 2.37. The molecule has 5 N–H and O–H groups in total. The minimum atomic E-state index is -1.13. The Morgan fingerprint density at radius 3 is 2.56 bits per heavy atom. The maximum Gasteiger partial charge on any atom is 0.338 e. The van der Waals surface area contributed by atoms with Crippen LogP contribution in [-0.4, -0.2) is 50.6 Å². The van der Waals surface area contributed by atoms with Gasteiger partial charge in [0.1, 0.15) is 0 Å². The Hall–Kier alpha value is -3.69. The van der Waals surface area contributed by atoms with Crippen molar-refractivity contribution in [3.63, 3.8) is 0 Å². The van der Waals surface area contributed by atoms with Gasteiger partial charge in [-0.2, -0.15) is 5.10 Å². The van der Waals surface area contributed by atoms with Crippen LogP contribution in [0.5, 0.6) is 0 Å². The molecule has 2 heterocycles. The van der Waals surface area contributed by atoms with E-state index in [0.29, 0.717) is 11.3 Å². The van der Waals surface area contributed by atoms with Crippen LogP contribution in [0.2, 0.25) is 0 Å². The number of amides is 2. The molecule has 0 spiro atoms. The second-order valence-corrected chi connectivity index (χ2v) is 6.45. The largest absolute Gasteiger partial charge is 0.478 e. The van der Waals surface area contributed by atoms with Crippen molar-refractivity contribution in [2.24, 2.45) is 16.5 Å². The van der Waals surface area contributed by atoms with Crippen LogP contribution in [0.1, 0.15) is 39.6 Å². The molecule has 0 unspecified atom stereocenters. The summed E-state index contributed by atoms with van der Waals surface area (Å²) in [6, 6.07) is 4.60. The SMILES string of the molecule is CN1C(=O)C[C@](C)(c2cc(C(N)=O)ccc2-n2cc(C(=O)O)cn2)N=C1N. The molecule has 1 aliphatic heterocycles. The number of nitrogens with zero attached hydrogens (tertiary/aromatic N) is 4. The molecule has 0 radical (unpaired) electrons. The predicted molar refractivity (Wildman–Crippen MR) is 95.4 cm³/mol. The van der Waals surface area contributed by atoms with Gasteiger partial charge in [0.25, 0.3) is 0 Å². The number of aliphatic imine (C=N–C) groups is 1. The number of carbonyl (C=O) groups is 3. The minimum absolute atomic E-state index is 0.00642. The van der Waals surface area contributed by atoms with Crippen LogP contribution in [0.15, 0.2) is 35.6 Å². The van der Waals surface area contributed by atoms with E-state index in [1.165, 1.54) is 41.2 Å². The monoisotopic (exact) mass is 370 g/mol. The van der Waals surface area contributed by atoms with Gasteiger partial charge in [0.2, 0.25) is 11.8 Å². The molecule has 0 saturated carbocycles. The van der Waals surface area contributed by atoms with Crippen molar-refractivity contribution < 1.29 is 19.5 Å². The Morgan fingerprint density at radius 2 is 2.00 bits per heavy atom. The van der Waals surface area contributed by atoms with Gasteiger partial charge in [-0.3, -0.25) is 14.5 Å². The highest BCUT2D eigenvalue weighted by atomic mass is 16.4. The van der Waals surface area contributed by atoms with E-state index in [0.717, 1.165) is 0 Å². The number of hydrogen-bond acceptors (Lipinski definition) is 6. The number of nitrogens with two attached hydrogens (primary N) is 2. The van der Waals surface area contributed by atoms with Crippen molar-refractivity contribution in [2.75, 3.05) is 7.05 Å². The minimum Gasteiger partial charge on any atom is -0.478 e. The van der Waals surface area contributed by atoms with Crippen LogP contribution in [0.4, 0.5) is 0 Å². The molecule has 1 atom stereocenters. The zero-order valence-corrected chi connectivity index (χ0v) is 14.7. The normalized spacial score (nSPS) is 19.7. The lowest BCUT2D eigenvalue weighted by atomic mass is 9.85. The number of hydrogen-bond donors (Lipinski definition) is 3. The van der Waals surface area contributed by atoms with Gasteiger partial charge < -0.3 is 16.6 Å². The maximum absolute atomic E-state index is 12.3. The van der Waals surface area contributed by atoms with Crippen LogP contribution in [-0.2, 0) is 10.3 Å². The van der Waals surface area contributed by atoms with E-state index in [1.807, 2.05) is 0 Å². The summed E-state index contributed by atoms with van der Waals surface area (Å²) in [5.41, 5.74) is 11.3. The first-order valence-electron chi connectivity index (χ1n) is 7.97. The number of rotatable bonds is 4. The number of primary amides is 1. The Morgan fingerprint density at radius 1 is 1.30 bits per heavy atom. The van der Waals surface area contributed by atoms with Crippen molar-refractivity contribution in [1.29, 1.82) is 0 Å². The van der Waals surface area contributed by atoms with E-state index < -0.39 is 17.4 Å². The fraction of sp³-hybridized carbons (Fsp3) is 0.235. The van der Waals surface area contributed by atoms with E-state index in [1.54, 1.807) is 13.0 Å². The summed E-state index contributed by atoms with van der Waals surface area (Å²) in [5.74, 6) is -1.98. The van der Waals surface area contributed by atoms with Crippen LogP contribution >= 0.6 is 0 Å². The van der Waals surface area contributed by atoms with Crippen molar-refractivity contribution in [1.82, 2.24) is 14.7 Å². The highest BCUT2D eigenvalue weighted by molar-refractivity contribution is 5.99. The first kappa shape index (κ1) is 18.1. The zero-order chi connectivity index (χ0) is 19.9. The van der Waals surface area contributed by atoms with Crippen LogP contribution < -0.4 is 11.5 Å². The van der Waals surface area contributed by atoms with Gasteiger partial charge in [0.15, 0.2) is 5.96 Å². The molecule has 0 bridgehead atoms. The molecule has 2 amide bonds. The van der Waals surface area contributed by atoms with Gasteiger partial charge in [0.05, 0.1) is 29.4 Å². The summed E-state index contributed by atoms with van der Waals surface area (Å²) in [5, 5.41) is 13.2. The molecule has 27 heavy (non-hydrogen) atoms. The van der Waals surface area contributed by atoms with E-state index in [2.05, 4.69) is 10.1 Å². The van der Waals surface area contributed by atoms with Crippen molar-refractivity contribution in [2.45, 2.75) is 18.9 Å². The second-order valence-electron chi connectivity index (χ2n) is 6.45. The number of carboxylic acid groups (broad SMARTS) is 1. The Balaban J connectivity index is 2.23. The fourth-order valence-corrected chi connectivity index (χ4v) is 2.95. The summed E-state index contributed by atoms with van der Waals surface area (Å²) < 4.78 is 1.35. The van der Waals surface area contributed by atoms with Gasteiger partial charge in [-0.05, 0) is 25.1 Å². The number of carboxylic acids is 1. The Bertz CT molecular complexity index is 995. The lowest BCUT2D eigenvalue weighted by molar-refractivity contribution is -0.128.